The summed E-state index contributed by atoms with van der Waals surface area (Å²) in [6.07, 6.45) is 0. The maximum absolute atomic E-state index is 12.3. The number of fused-ring (bicyclic) bond motifs is 1. The lowest BCUT2D eigenvalue weighted by molar-refractivity contribution is -0.0512. The predicted octanol–water partition coefficient (Wildman–Crippen LogP) is 3.36. The zero-order chi connectivity index (χ0) is 17.6. The number of hydrogen-bond donors (Lipinski definition) is 1. The van der Waals surface area contributed by atoms with Crippen LogP contribution in [0.5, 0.6) is 23.0 Å². The summed E-state index contributed by atoms with van der Waals surface area (Å²) < 4.78 is 45.2. The van der Waals surface area contributed by atoms with Gasteiger partial charge in [-0.1, -0.05) is 12.1 Å². The van der Waals surface area contributed by atoms with Crippen molar-refractivity contribution in [3.8, 4) is 23.0 Å². The van der Waals surface area contributed by atoms with Crippen LogP contribution in [0.25, 0.3) is 0 Å². The molecule has 1 aliphatic rings. The summed E-state index contributed by atoms with van der Waals surface area (Å²) >= 11 is 0. The predicted molar refractivity (Wildman–Crippen MR) is 87.6 cm³/mol. The van der Waals surface area contributed by atoms with E-state index >= 15 is 0 Å². The molecule has 3 rings (SSSR count). The Bertz CT molecular complexity index is 724. The van der Waals surface area contributed by atoms with Gasteiger partial charge in [0, 0.05) is 13.1 Å². The van der Waals surface area contributed by atoms with Crippen molar-refractivity contribution < 1.29 is 27.7 Å². The third-order valence-corrected chi connectivity index (χ3v) is 3.71. The molecule has 25 heavy (non-hydrogen) atoms. The van der Waals surface area contributed by atoms with E-state index in [1.165, 1.54) is 13.2 Å². The molecular formula is C18H19F2NO4. The number of hydrogen-bond acceptors (Lipinski definition) is 5. The second kappa shape index (κ2) is 8.02. The molecule has 2 aromatic carbocycles. The molecule has 134 valence electrons. The number of alkyl halides is 2. The maximum atomic E-state index is 12.3. The van der Waals surface area contributed by atoms with Gasteiger partial charge in [-0.15, -0.1) is 0 Å². The van der Waals surface area contributed by atoms with E-state index in [1.54, 1.807) is 12.1 Å². The summed E-state index contributed by atoms with van der Waals surface area (Å²) in [5.41, 5.74) is 1.96. The largest absolute Gasteiger partial charge is 0.493 e. The molecule has 5 nitrogen and oxygen atoms in total. The molecule has 0 aliphatic carbocycles. The lowest BCUT2D eigenvalue weighted by Gasteiger charge is -2.19. The van der Waals surface area contributed by atoms with Gasteiger partial charge in [0.15, 0.2) is 23.0 Å². The molecular weight excluding hydrogens is 332 g/mol. The van der Waals surface area contributed by atoms with Crippen molar-refractivity contribution in [3.05, 3.63) is 47.5 Å². The number of ether oxygens (including phenoxy) is 4. The van der Waals surface area contributed by atoms with E-state index in [1.807, 2.05) is 18.2 Å². The number of nitrogens with one attached hydrogen (secondary N) is 1. The van der Waals surface area contributed by atoms with Gasteiger partial charge in [-0.05, 0) is 35.4 Å². The van der Waals surface area contributed by atoms with Crippen LogP contribution in [0.2, 0.25) is 0 Å². The molecule has 0 radical (unpaired) electrons. The highest BCUT2D eigenvalue weighted by Crippen LogP contribution is 2.31. The number of halogens is 2. The summed E-state index contributed by atoms with van der Waals surface area (Å²) in [5, 5.41) is 3.30. The van der Waals surface area contributed by atoms with Gasteiger partial charge in [0.1, 0.15) is 13.2 Å². The molecule has 0 aromatic heterocycles. The fraction of sp³-hybridized carbons (Fsp3) is 0.333. The number of rotatable bonds is 7. The van der Waals surface area contributed by atoms with Gasteiger partial charge in [0.2, 0.25) is 0 Å². The van der Waals surface area contributed by atoms with Crippen molar-refractivity contribution in [3.63, 3.8) is 0 Å². The van der Waals surface area contributed by atoms with Gasteiger partial charge >= 0.3 is 6.61 Å². The van der Waals surface area contributed by atoms with Crippen molar-refractivity contribution in [1.82, 2.24) is 5.32 Å². The molecule has 0 fully saturated rings. The van der Waals surface area contributed by atoms with Crippen LogP contribution in [0.1, 0.15) is 11.1 Å². The van der Waals surface area contributed by atoms with Crippen LogP contribution in [-0.4, -0.2) is 26.9 Å². The van der Waals surface area contributed by atoms with E-state index in [9.17, 15) is 8.78 Å². The summed E-state index contributed by atoms with van der Waals surface area (Å²) in [6, 6.07) is 10.7. The van der Waals surface area contributed by atoms with Crippen LogP contribution in [0.4, 0.5) is 8.78 Å². The third kappa shape index (κ3) is 4.51. The second-order valence-electron chi connectivity index (χ2n) is 5.45. The van der Waals surface area contributed by atoms with Crippen LogP contribution >= 0.6 is 0 Å². The SMILES string of the molecule is COc1cc(CNCc2ccc3c(c2)OCCO3)ccc1OC(F)F. The highest BCUT2D eigenvalue weighted by Gasteiger charge is 2.12. The molecule has 0 amide bonds. The monoisotopic (exact) mass is 351 g/mol. The number of methoxy groups -OCH3 is 1. The lowest BCUT2D eigenvalue weighted by atomic mass is 10.1. The summed E-state index contributed by atoms with van der Waals surface area (Å²) in [6.45, 7) is -0.573. The molecule has 0 bridgehead atoms. The van der Waals surface area contributed by atoms with Gasteiger partial charge in [-0.25, -0.2) is 0 Å². The molecule has 0 saturated heterocycles. The van der Waals surface area contributed by atoms with E-state index in [0.29, 0.717) is 26.3 Å². The Balaban J connectivity index is 1.58. The first-order chi connectivity index (χ1) is 12.2. The van der Waals surface area contributed by atoms with Crippen LogP contribution < -0.4 is 24.3 Å². The smallest absolute Gasteiger partial charge is 0.387 e. The Labute approximate surface area is 144 Å². The van der Waals surface area contributed by atoms with E-state index in [0.717, 1.165) is 22.6 Å². The summed E-state index contributed by atoms with van der Waals surface area (Å²) in [5.74, 6) is 1.81. The molecule has 1 N–H and O–H groups in total. The summed E-state index contributed by atoms with van der Waals surface area (Å²) in [4.78, 5) is 0. The number of benzene rings is 2. The van der Waals surface area contributed by atoms with E-state index in [4.69, 9.17) is 14.2 Å². The molecule has 1 heterocycles. The van der Waals surface area contributed by atoms with Crippen LogP contribution in [-0.2, 0) is 13.1 Å². The molecule has 0 atom stereocenters. The van der Waals surface area contributed by atoms with Crippen molar-refractivity contribution in [2.75, 3.05) is 20.3 Å². The molecule has 0 unspecified atom stereocenters. The normalized spacial score (nSPS) is 13.0. The molecule has 2 aromatic rings. The Morgan fingerprint density at radius 2 is 1.64 bits per heavy atom. The van der Waals surface area contributed by atoms with Crippen molar-refractivity contribution in [2.45, 2.75) is 19.7 Å². The fourth-order valence-electron chi connectivity index (χ4n) is 2.56. The minimum atomic E-state index is -2.88. The Morgan fingerprint density at radius 1 is 0.960 bits per heavy atom. The van der Waals surface area contributed by atoms with Crippen molar-refractivity contribution in [1.29, 1.82) is 0 Å². The van der Waals surface area contributed by atoms with E-state index < -0.39 is 6.61 Å². The Hall–Kier alpha value is -2.54. The zero-order valence-electron chi connectivity index (χ0n) is 13.8. The lowest BCUT2D eigenvalue weighted by Crippen LogP contribution is -2.16. The minimum Gasteiger partial charge on any atom is -0.493 e. The molecule has 0 saturated carbocycles. The maximum Gasteiger partial charge on any atom is 0.387 e. The first-order valence-electron chi connectivity index (χ1n) is 7.86. The van der Waals surface area contributed by atoms with Gasteiger partial charge in [-0.3, -0.25) is 0 Å². The summed E-state index contributed by atoms with van der Waals surface area (Å²) in [7, 11) is 1.42. The topological polar surface area (TPSA) is 49.0 Å². The van der Waals surface area contributed by atoms with Crippen LogP contribution in [0.3, 0.4) is 0 Å². The second-order valence-corrected chi connectivity index (χ2v) is 5.45. The quantitative estimate of drug-likeness (QED) is 0.829. The van der Waals surface area contributed by atoms with Gasteiger partial charge in [0.25, 0.3) is 0 Å². The Kier molecular flexibility index (Phi) is 5.55. The average molecular weight is 351 g/mol. The highest BCUT2D eigenvalue weighted by atomic mass is 19.3. The third-order valence-electron chi connectivity index (χ3n) is 3.71. The fourth-order valence-corrected chi connectivity index (χ4v) is 2.56. The molecule has 1 aliphatic heterocycles. The Morgan fingerprint density at radius 3 is 2.36 bits per heavy atom. The van der Waals surface area contributed by atoms with E-state index in [2.05, 4.69) is 10.1 Å². The first kappa shape index (κ1) is 17.3. The van der Waals surface area contributed by atoms with Crippen LogP contribution in [0.15, 0.2) is 36.4 Å². The van der Waals surface area contributed by atoms with Gasteiger partial charge in [-0.2, -0.15) is 8.78 Å². The molecule has 7 heteroatoms. The zero-order valence-corrected chi connectivity index (χ0v) is 13.8. The average Bonchev–Trinajstić information content (AvgIpc) is 2.62. The van der Waals surface area contributed by atoms with Gasteiger partial charge in [0.05, 0.1) is 7.11 Å². The van der Waals surface area contributed by atoms with E-state index in [-0.39, 0.29) is 11.5 Å². The molecule has 0 spiro atoms. The van der Waals surface area contributed by atoms with Crippen LogP contribution in [0, 0.1) is 0 Å². The highest BCUT2D eigenvalue weighted by molar-refractivity contribution is 5.44. The first-order valence-corrected chi connectivity index (χ1v) is 7.86. The van der Waals surface area contributed by atoms with Crippen molar-refractivity contribution in [2.24, 2.45) is 0 Å². The van der Waals surface area contributed by atoms with Crippen molar-refractivity contribution >= 4 is 0 Å². The van der Waals surface area contributed by atoms with Gasteiger partial charge < -0.3 is 24.3 Å². The minimum absolute atomic E-state index is 0.0214. The standard InChI is InChI=1S/C18H19F2NO4/c1-22-16-8-12(3-5-15(16)25-18(19)20)10-21-11-13-2-4-14-17(9-13)24-7-6-23-14/h2-5,8-9,18,21H,6-7,10-11H2,1H3.